The molecule has 4 nitrogen and oxygen atoms in total. The van der Waals surface area contributed by atoms with Gasteiger partial charge in [0.2, 0.25) is 0 Å². The minimum atomic E-state index is -0.0366. The van der Waals surface area contributed by atoms with Gasteiger partial charge in [-0.05, 0) is 11.6 Å². The van der Waals surface area contributed by atoms with Crippen molar-refractivity contribution in [3.63, 3.8) is 0 Å². The van der Waals surface area contributed by atoms with E-state index in [-0.39, 0.29) is 6.04 Å². The van der Waals surface area contributed by atoms with E-state index < -0.39 is 0 Å². The van der Waals surface area contributed by atoms with Gasteiger partial charge < -0.3 is 0 Å². The number of rotatable bonds is 3. The molecule has 0 aliphatic carbocycles. The molecule has 0 aromatic carbocycles. The molecule has 0 aliphatic heterocycles. The molecule has 0 amide bonds. The second-order valence-corrected chi connectivity index (χ2v) is 2.30. The Kier molecular flexibility index (Phi) is 3.20. The van der Waals surface area contributed by atoms with Crippen LogP contribution >= 0.6 is 0 Å². The van der Waals surface area contributed by atoms with E-state index in [9.17, 15) is 0 Å². The summed E-state index contributed by atoms with van der Waals surface area (Å²) < 4.78 is 0. The number of aromatic nitrogens is 2. The van der Waals surface area contributed by atoms with Gasteiger partial charge in [-0.2, -0.15) is 10.2 Å². The van der Waals surface area contributed by atoms with Crippen LogP contribution in [0, 0.1) is 12.3 Å². The minimum Gasteiger partial charge on any atom is -0.271 e. The fourth-order valence-electron chi connectivity index (χ4n) is 0.898. The van der Waals surface area contributed by atoms with E-state index in [0.29, 0.717) is 6.42 Å². The Balaban J connectivity index is 2.75. The summed E-state index contributed by atoms with van der Waals surface area (Å²) in [6.45, 7) is 0. The molecule has 1 atom stereocenters. The van der Waals surface area contributed by atoms with E-state index in [1.807, 2.05) is 6.07 Å². The highest BCUT2D eigenvalue weighted by Gasteiger charge is 2.06. The summed E-state index contributed by atoms with van der Waals surface area (Å²) in [4.78, 5) is 0. The van der Waals surface area contributed by atoms with E-state index in [2.05, 4.69) is 21.5 Å². The van der Waals surface area contributed by atoms with Gasteiger partial charge in [-0.1, -0.05) is 0 Å². The highest BCUT2D eigenvalue weighted by molar-refractivity contribution is 5.13. The highest BCUT2D eigenvalue weighted by atomic mass is 15.2. The first-order chi connectivity index (χ1) is 5.88. The number of hydrogen-bond donors (Lipinski definition) is 2. The Labute approximate surface area is 71.2 Å². The third-order valence-electron chi connectivity index (χ3n) is 1.53. The molecular formula is C8H10N4. The molecule has 12 heavy (non-hydrogen) atoms. The van der Waals surface area contributed by atoms with Crippen LogP contribution in [0.3, 0.4) is 0 Å². The van der Waals surface area contributed by atoms with Crippen LogP contribution in [0.15, 0.2) is 18.5 Å². The zero-order valence-corrected chi connectivity index (χ0v) is 6.57. The number of hydrazine groups is 1. The number of nitrogens with zero attached hydrogens (tertiary/aromatic N) is 2. The zero-order chi connectivity index (χ0) is 8.81. The Morgan fingerprint density at radius 1 is 1.67 bits per heavy atom. The van der Waals surface area contributed by atoms with Crippen LogP contribution in [0.25, 0.3) is 0 Å². The van der Waals surface area contributed by atoms with Crippen LogP contribution in [0.2, 0.25) is 0 Å². The van der Waals surface area contributed by atoms with Crippen molar-refractivity contribution in [3.8, 4) is 12.3 Å². The monoisotopic (exact) mass is 162 g/mol. The largest absolute Gasteiger partial charge is 0.271 e. The molecule has 1 aromatic rings. The fraction of sp³-hybridized carbons (Fsp3) is 0.250. The van der Waals surface area contributed by atoms with Crippen LogP contribution in [0.1, 0.15) is 18.0 Å². The molecule has 3 N–H and O–H groups in total. The highest BCUT2D eigenvalue weighted by Crippen LogP contribution is 2.12. The molecule has 1 heterocycles. The summed E-state index contributed by atoms with van der Waals surface area (Å²) in [5.41, 5.74) is 3.56. The molecule has 1 aromatic heterocycles. The van der Waals surface area contributed by atoms with E-state index in [1.54, 1.807) is 12.4 Å². The Bertz CT molecular complexity index is 264. The first kappa shape index (κ1) is 8.65. The summed E-state index contributed by atoms with van der Waals surface area (Å²) in [7, 11) is 0. The molecule has 4 heteroatoms. The summed E-state index contributed by atoms with van der Waals surface area (Å²) in [5, 5.41) is 7.37. The molecule has 0 saturated heterocycles. The van der Waals surface area contributed by atoms with Gasteiger partial charge in [0.25, 0.3) is 0 Å². The molecule has 0 bridgehead atoms. The van der Waals surface area contributed by atoms with Gasteiger partial charge in [0, 0.05) is 12.6 Å². The van der Waals surface area contributed by atoms with Gasteiger partial charge in [-0.15, -0.1) is 12.3 Å². The van der Waals surface area contributed by atoms with Crippen LogP contribution in [-0.4, -0.2) is 10.2 Å². The topological polar surface area (TPSA) is 63.8 Å². The molecule has 0 aliphatic rings. The second-order valence-electron chi connectivity index (χ2n) is 2.30. The molecule has 1 unspecified atom stereocenters. The average molecular weight is 162 g/mol. The second kappa shape index (κ2) is 4.44. The number of terminal acetylenes is 1. The van der Waals surface area contributed by atoms with Crippen molar-refractivity contribution in [1.82, 2.24) is 15.6 Å². The Hall–Kier alpha value is -1.44. The lowest BCUT2D eigenvalue weighted by atomic mass is 10.1. The van der Waals surface area contributed by atoms with Gasteiger partial charge in [0.15, 0.2) is 0 Å². The molecule has 0 saturated carbocycles. The predicted molar refractivity (Wildman–Crippen MR) is 45.5 cm³/mol. The lowest BCUT2D eigenvalue weighted by Crippen LogP contribution is -2.27. The van der Waals surface area contributed by atoms with Crippen molar-refractivity contribution in [2.45, 2.75) is 12.5 Å². The van der Waals surface area contributed by atoms with Gasteiger partial charge in [-0.3, -0.25) is 11.3 Å². The van der Waals surface area contributed by atoms with Gasteiger partial charge >= 0.3 is 0 Å². The maximum absolute atomic E-state index is 5.30. The number of nitrogens with two attached hydrogens (primary N) is 1. The lowest BCUT2D eigenvalue weighted by Gasteiger charge is -2.11. The smallest absolute Gasteiger partial charge is 0.0585 e. The van der Waals surface area contributed by atoms with Crippen molar-refractivity contribution < 1.29 is 0 Å². The van der Waals surface area contributed by atoms with Gasteiger partial charge in [0.05, 0.1) is 12.2 Å². The first-order valence-electron chi connectivity index (χ1n) is 3.54. The lowest BCUT2D eigenvalue weighted by molar-refractivity contribution is 0.564. The zero-order valence-electron chi connectivity index (χ0n) is 6.57. The van der Waals surface area contributed by atoms with Gasteiger partial charge in [-0.25, -0.2) is 0 Å². The molecule has 0 radical (unpaired) electrons. The molecule has 62 valence electrons. The standard InChI is InChI=1S/C8H10N4/c1-2-3-8(12-9)7-4-5-10-11-6-7/h1,4-6,8,12H,3,9H2. The normalized spacial score (nSPS) is 12.0. The molecule has 0 fully saturated rings. The minimum absolute atomic E-state index is 0.0366. The summed E-state index contributed by atoms with van der Waals surface area (Å²) >= 11 is 0. The van der Waals surface area contributed by atoms with Gasteiger partial charge in [0.1, 0.15) is 0 Å². The average Bonchev–Trinajstić information content (AvgIpc) is 2.15. The van der Waals surface area contributed by atoms with Crippen molar-refractivity contribution in [1.29, 1.82) is 0 Å². The van der Waals surface area contributed by atoms with Crippen LogP contribution < -0.4 is 11.3 Å². The van der Waals surface area contributed by atoms with Crippen LogP contribution in [0.5, 0.6) is 0 Å². The fourth-order valence-corrected chi connectivity index (χ4v) is 0.898. The van der Waals surface area contributed by atoms with Crippen molar-refractivity contribution in [3.05, 3.63) is 24.0 Å². The van der Waals surface area contributed by atoms with Crippen LogP contribution in [0.4, 0.5) is 0 Å². The molecule has 1 rings (SSSR count). The van der Waals surface area contributed by atoms with E-state index in [0.717, 1.165) is 5.56 Å². The summed E-state index contributed by atoms with van der Waals surface area (Å²) in [6.07, 6.45) is 8.95. The van der Waals surface area contributed by atoms with E-state index >= 15 is 0 Å². The van der Waals surface area contributed by atoms with Crippen LogP contribution in [-0.2, 0) is 0 Å². The van der Waals surface area contributed by atoms with Crippen molar-refractivity contribution in [2.75, 3.05) is 0 Å². The maximum Gasteiger partial charge on any atom is 0.0585 e. The number of hydrogen-bond acceptors (Lipinski definition) is 4. The summed E-state index contributed by atoms with van der Waals surface area (Å²) in [5.74, 6) is 7.82. The Morgan fingerprint density at radius 2 is 2.50 bits per heavy atom. The predicted octanol–water partition coefficient (Wildman–Crippen LogP) is 0.00430. The SMILES string of the molecule is C#CCC(NN)c1ccnnc1. The molecule has 0 spiro atoms. The third kappa shape index (κ3) is 2.02. The maximum atomic E-state index is 5.30. The van der Waals surface area contributed by atoms with Crippen molar-refractivity contribution in [2.24, 2.45) is 5.84 Å². The Morgan fingerprint density at radius 3 is 3.00 bits per heavy atom. The third-order valence-corrected chi connectivity index (χ3v) is 1.53. The molecular weight excluding hydrogens is 152 g/mol. The first-order valence-corrected chi connectivity index (χ1v) is 3.54. The van der Waals surface area contributed by atoms with E-state index in [4.69, 9.17) is 12.3 Å². The number of nitrogens with one attached hydrogen (secondary N) is 1. The quantitative estimate of drug-likeness (QED) is 0.373. The van der Waals surface area contributed by atoms with E-state index in [1.165, 1.54) is 0 Å². The van der Waals surface area contributed by atoms with Crippen molar-refractivity contribution >= 4 is 0 Å². The summed E-state index contributed by atoms with van der Waals surface area (Å²) in [6, 6.07) is 1.79.